The molecule has 0 spiro atoms. The van der Waals surface area contributed by atoms with Crippen LogP contribution in [0.5, 0.6) is 0 Å². The number of carbonyl (C=O) groups is 2. The first-order chi connectivity index (χ1) is 31.0. The third kappa shape index (κ3) is 25.6. The summed E-state index contributed by atoms with van der Waals surface area (Å²) in [5, 5.41) is 72.0. The van der Waals surface area contributed by atoms with E-state index < -0.39 is 92.7 Å². The van der Waals surface area contributed by atoms with Gasteiger partial charge in [-0.1, -0.05) is 181 Å². The molecule has 2 fully saturated rings. The molecule has 2 aliphatic heterocycles. The predicted molar refractivity (Wildman–Crippen MR) is 243 cm³/mol. The molecule has 2 saturated heterocycles. The van der Waals surface area contributed by atoms with Gasteiger partial charge in [0.2, 0.25) is 0 Å². The van der Waals surface area contributed by atoms with E-state index in [-0.39, 0.29) is 26.1 Å². The Kier molecular flexibility index (Phi) is 34.3. The minimum atomic E-state index is -1.76. The van der Waals surface area contributed by atoms with Crippen LogP contribution in [0.15, 0.2) is 0 Å². The number of aliphatic hydroxyl groups is 7. The SMILES string of the molecule is CCCCCCCCCCCCCCCCCCCCC(=O)O[C@H](COC(=O)CCCCCCCCCCCC)CO[C@H]1O[C@@H](CO[C@H]2O[C@@H](CO)[C@@H](O)C(O)C2O)[C@@H](O)C(O)C1O. The van der Waals surface area contributed by atoms with Gasteiger partial charge in [-0.25, -0.2) is 0 Å². The zero-order valence-corrected chi connectivity index (χ0v) is 39.8. The van der Waals surface area contributed by atoms with Gasteiger partial charge in [-0.15, -0.1) is 0 Å². The second-order valence-electron chi connectivity index (χ2n) is 18.4. The van der Waals surface area contributed by atoms with Crippen LogP contribution in [0.4, 0.5) is 0 Å². The number of ether oxygens (including phenoxy) is 6. The second-order valence-corrected chi connectivity index (χ2v) is 18.4. The molecule has 4 unspecified atom stereocenters. The van der Waals surface area contributed by atoms with Gasteiger partial charge in [-0.3, -0.25) is 9.59 Å². The average Bonchev–Trinajstić information content (AvgIpc) is 3.29. The van der Waals surface area contributed by atoms with Crippen molar-refractivity contribution in [3.05, 3.63) is 0 Å². The summed E-state index contributed by atoms with van der Waals surface area (Å²) >= 11 is 0. The van der Waals surface area contributed by atoms with Gasteiger partial charge >= 0.3 is 11.9 Å². The molecule has 0 aromatic carbocycles. The number of esters is 2. The lowest BCUT2D eigenvalue weighted by Gasteiger charge is -2.42. The minimum absolute atomic E-state index is 0.173. The molecule has 15 heteroatoms. The molecule has 7 N–H and O–H groups in total. The minimum Gasteiger partial charge on any atom is -0.462 e. The first-order valence-corrected chi connectivity index (χ1v) is 25.6. The molecule has 0 saturated carbocycles. The standard InChI is InChI=1S/C49H92O15/c1-3-5-7-9-11-13-15-16-17-18-19-20-21-22-24-26-28-30-32-41(52)62-37(34-59-40(51)31-29-27-25-23-14-12-10-8-6-4-2)35-60-48-47(58)45(56)43(54)39(64-48)36-61-49-46(57)44(55)42(53)38(33-50)63-49/h37-39,42-50,53-58H,3-36H2,1-2H3/t37-,38+,39+,42-,43-,44?,45?,46?,47?,48+,49+/m1/s1. The quantitative estimate of drug-likeness (QED) is 0.0247. The van der Waals surface area contributed by atoms with Crippen molar-refractivity contribution < 1.29 is 73.8 Å². The van der Waals surface area contributed by atoms with Gasteiger partial charge in [0.15, 0.2) is 18.7 Å². The average molecular weight is 921 g/mol. The Balaban J connectivity index is 1.78. The fourth-order valence-electron chi connectivity index (χ4n) is 8.34. The van der Waals surface area contributed by atoms with Crippen molar-refractivity contribution in [3.63, 3.8) is 0 Å². The van der Waals surface area contributed by atoms with Crippen LogP contribution in [0.25, 0.3) is 0 Å². The highest BCUT2D eigenvalue weighted by molar-refractivity contribution is 5.70. The molecule has 0 bridgehead atoms. The van der Waals surface area contributed by atoms with Crippen molar-refractivity contribution in [2.24, 2.45) is 0 Å². The molecule has 0 aromatic heterocycles. The van der Waals surface area contributed by atoms with Gasteiger partial charge in [0, 0.05) is 12.8 Å². The van der Waals surface area contributed by atoms with E-state index >= 15 is 0 Å². The van der Waals surface area contributed by atoms with Crippen LogP contribution in [0.1, 0.15) is 206 Å². The Morgan fingerprint density at radius 2 is 0.797 bits per heavy atom. The summed E-state index contributed by atoms with van der Waals surface area (Å²) in [5.74, 6) is -0.913. The van der Waals surface area contributed by atoms with Crippen LogP contribution in [-0.2, 0) is 38.0 Å². The van der Waals surface area contributed by atoms with E-state index in [1.165, 1.54) is 128 Å². The molecule has 0 amide bonds. The van der Waals surface area contributed by atoms with Gasteiger partial charge in [-0.2, -0.15) is 0 Å². The Hall–Kier alpha value is -1.50. The van der Waals surface area contributed by atoms with Crippen molar-refractivity contribution >= 4 is 11.9 Å². The van der Waals surface area contributed by atoms with Crippen LogP contribution in [0, 0.1) is 0 Å². The Labute approximate surface area is 385 Å². The van der Waals surface area contributed by atoms with Gasteiger partial charge < -0.3 is 64.2 Å². The van der Waals surface area contributed by atoms with E-state index in [0.29, 0.717) is 12.8 Å². The predicted octanol–water partition coefficient (Wildman–Crippen LogP) is 6.82. The Morgan fingerprint density at radius 3 is 1.22 bits per heavy atom. The number of rotatable bonds is 40. The lowest BCUT2D eigenvalue weighted by atomic mass is 9.98. The van der Waals surface area contributed by atoms with Crippen molar-refractivity contribution in [2.75, 3.05) is 26.4 Å². The fraction of sp³-hybridized carbons (Fsp3) is 0.959. The maximum Gasteiger partial charge on any atom is 0.306 e. The molecule has 11 atom stereocenters. The van der Waals surface area contributed by atoms with E-state index in [4.69, 9.17) is 28.4 Å². The summed E-state index contributed by atoms with van der Waals surface area (Å²) in [6.07, 6.45) is 17.1. The largest absolute Gasteiger partial charge is 0.462 e. The summed E-state index contributed by atoms with van der Waals surface area (Å²) in [5.41, 5.74) is 0. The number of hydrogen-bond donors (Lipinski definition) is 7. The number of carbonyl (C=O) groups excluding carboxylic acids is 2. The van der Waals surface area contributed by atoms with E-state index in [0.717, 1.165) is 38.5 Å². The van der Waals surface area contributed by atoms with E-state index in [9.17, 15) is 45.3 Å². The number of hydrogen-bond acceptors (Lipinski definition) is 15. The molecule has 378 valence electrons. The van der Waals surface area contributed by atoms with Crippen LogP contribution < -0.4 is 0 Å². The van der Waals surface area contributed by atoms with Gasteiger partial charge in [-0.05, 0) is 12.8 Å². The van der Waals surface area contributed by atoms with Gasteiger partial charge in [0.05, 0.1) is 19.8 Å². The van der Waals surface area contributed by atoms with Crippen LogP contribution in [0.2, 0.25) is 0 Å². The number of unbranched alkanes of at least 4 members (excludes halogenated alkanes) is 26. The van der Waals surface area contributed by atoms with Gasteiger partial charge in [0.1, 0.15) is 55.4 Å². The molecular formula is C49H92O15. The summed E-state index contributed by atoms with van der Waals surface area (Å²) in [6.45, 7) is 2.60. The van der Waals surface area contributed by atoms with Crippen molar-refractivity contribution in [2.45, 2.75) is 274 Å². The highest BCUT2D eigenvalue weighted by Gasteiger charge is 2.47. The maximum atomic E-state index is 13.0. The molecule has 2 aliphatic rings. The maximum absolute atomic E-state index is 13.0. The molecule has 15 nitrogen and oxygen atoms in total. The Morgan fingerprint density at radius 1 is 0.438 bits per heavy atom. The van der Waals surface area contributed by atoms with Crippen molar-refractivity contribution in [1.29, 1.82) is 0 Å². The lowest BCUT2D eigenvalue weighted by molar-refractivity contribution is -0.332. The Bertz CT molecular complexity index is 1130. The van der Waals surface area contributed by atoms with E-state index in [1.807, 2.05) is 0 Å². The smallest absolute Gasteiger partial charge is 0.306 e. The second kappa shape index (κ2) is 37.5. The summed E-state index contributed by atoms with van der Waals surface area (Å²) in [7, 11) is 0. The zero-order chi connectivity index (χ0) is 46.8. The normalized spacial score (nSPS) is 26.5. The molecular weight excluding hydrogens is 829 g/mol. The monoisotopic (exact) mass is 921 g/mol. The zero-order valence-electron chi connectivity index (χ0n) is 39.8. The molecule has 2 heterocycles. The van der Waals surface area contributed by atoms with E-state index in [2.05, 4.69) is 13.8 Å². The highest BCUT2D eigenvalue weighted by Crippen LogP contribution is 2.26. The summed E-state index contributed by atoms with van der Waals surface area (Å²) in [6, 6.07) is 0. The molecule has 64 heavy (non-hydrogen) atoms. The molecule has 0 aromatic rings. The molecule has 0 radical (unpaired) electrons. The first kappa shape index (κ1) is 58.6. The van der Waals surface area contributed by atoms with Crippen LogP contribution in [0.3, 0.4) is 0 Å². The van der Waals surface area contributed by atoms with Gasteiger partial charge in [0.25, 0.3) is 0 Å². The lowest BCUT2D eigenvalue weighted by Crippen LogP contribution is -2.61. The van der Waals surface area contributed by atoms with E-state index in [1.54, 1.807) is 0 Å². The fourth-order valence-corrected chi connectivity index (χ4v) is 8.34. The highest BCUT2D eigenvalue weighted by atomic mass is 16.7. The number of aliphatic hydroxyl groups excluding tert-OH is 7. The van der Waals surface area contributed by atoms with Crippen molar-refractivity contribution in [3.8, 4) is 0 Å². The third-order valence-electron chi connectivity index (χ3n) is 12.6. The summed E-state index contributed by atoms with van der Waals surface area (Å²) < 4.78 is 33.5. The summed E-state index contributed by atoms with van der Waals surface area (Å²) in [4.78, 5) is 25.7. The third-order valence-corrected chi connectivity index (χ3v) is 12.6. The molecule has 2 rings (SSSR count). The van der Waals surface area contributed by atoms with Crippen LogP contribution in [-0.4, -0.2) is 142 Å². The molecule has 0 aliphatic carbocycles. The van der Waals surface area contributed by atoms with Crippen LogP contribution >= 0.6 is 0 Å². The topological polar surface area (TPSA) is 231 Å². The van der Waals surface area contributed by atoms with Crippen molar-refractivity contribution in [1.82, 2.24) is 0 Å². The first-order valence-electron chi connectivity index (χ1n) is 25.6.